The van der Waals surface area contributed by atoms with Crippen molar-refractivity contribution in [3.05, 3.63) is 0 Å². The smallest absolute Gasteiger partial charge is 0.410 e. The third kappa shape index (κ3) is 3.09. The number of amides is 1. The number of likely N-dealkylation sites (tertiary alicyclic amines) is 1. The standard InChI is InChI=1S/C11H21NO4/c1-11(2,3)16-10(15)12-8(6-13)4-5-9(12)7-14/h8-9,13-14H,4-7H2,1-3H3/t8-,9-/m0/s1. The molecule has 0 unspecified atom stereocenters. The van der Waals surface area contributed by atoms with Gasteiger partial charge in [-0.15, -0.1) is 0 Å². The van der Waals surface area contributed by atoms with Gasteiger partial charge in [-0.1, -0.05) is 0 Å². The number of hydrogen-bond donors (Lipinski definition) is 2. The average molecular weight is 231 g/mol. The van der Waals surface area contributed by atoms with Gasteiger partial charge in [0, 0.05) is 0 Å². The minimum absolute atomic E-state index is 0.0876. The Balaban J connectivity index is 2.70. The molecule has 0 aliphatic carbocycles. The third-order valence-corrected chi connectivity index (χ3v) is 2.65. The molecule has 0 bridgehead atoms. The Morgan fingerprint density at radius 1 is 1.25 bits per heavy atom. The van der Waals surface area contributed by atoms with Crippen molar-refractivity contribution < 1.29 is 19.7 Å². The Labute approximate surface area is 96.0 Å². The van der Waals surface area contributed by atoms with Crippen molar-refractivity contribution in [3.63, 3.8) is 0 Å². The van der Waals surface area contributed by atoms with Gasteiger partial charge >= 0.3 is 6.09 Å². The van der Waals surface area contributed by atoms with Crippen LogP contribution in [0.5, 0.6) is 0 Å². The fraction of sp³-hybridized carbons (Fsp3) is 0.909. The number of rotatable bonds is 2. The first-order valence-electron chi connectivity index (χ1n) is 5.62. The van der Waals surface area contributed by atoms with Gasteiger partial charge in [-0.2, -0.15) is 0 Å². The number of carbonyl (C=O) groups is 1. The normalized spacial score (nSPS) is 25.9. The van der Waals surface area contributed by atoms with Gasteiger partial charge in [0.25, 0.3) is 0 Å². The van der Waals surface area contributed by atoms with E-state index < -0.39 is 11.7 Å². The van der Waals surface area contributed by atoms with Gasteiger partial charge in [0.1, 0.15) is 5.60 Å². The van der Waals surface area contributed by atoms with Gasteiger partial charge in [-0.25, -0.2) is 4.79 Å². The summed E-state index contributed by atoms with van der Waals surface area (Å²) in [6.45, 7) is 5.21. The monoisotopic (exact) mass is 231 g/mol. The zero-order valence-electron chi connectivity index (χ0n) is 10.1. The van der Waals surface area contributed by atoms with Crippen LogP contribution in [-0.2, 0) is 4.74 Å². The van der Waals surface area contributed by atoms with Crippen molar-refractivity contribution in [2.75, 3.05) is 13.2 Å². The van der Waals surface area contributed by atoms with E-state index in [4.69, 9.17) is 14.9 Å². The number of carbonyl (C=O) groups excluding carboxylic acids is 1. The van der Waals surface area contributed by atoms with Gasteiger partial charge < -0.3 is 14.9 Å². The summed E-state index contributed by atoms with van der Waals surface area (Å²) in [4.78, 5) is 13.3. The molecule has 0 aromatic carbocycles. The molecule has 5 heteroatoms. The van der Waals surface area contributed by atoms with Gasteiger partial charge in [-0.05, 0) is 33.6 Å². The highest BCUT2D eigenvalue weighted by atomic mass is 16.6. The van der Waals surface area contributed by atoms with Crippen LogP contribution in [0.15, 0.2) is 0 Å². The van der Waals surface area contributed by atoms with E-state index in [0.29, 0.717) is 12.8 Å². The maximum absolute atomic E-state index is 11.9. The maximum atomic E-state index is 11.9. The zero-order valence-corrected chi connectivity index (χ0v) is 10.1. The van der Waals surface area contributed by atoms with Crippen molar-refractivity contribution in [2.24, 2.45) is 0 Å². The molecule has 0 aromatic heterocycles. The van der Waals surface area contributed by atoms with Crippen molar-refractivity contribution in [1.82, 2.24) is 4.90 Å². The minimum Gasteiger partial charge on any atom is -0.444 e. The van der Waals surface area contributed by atoms with Crippen molar-refractivity contribution in [2.45, 2.75) is 51.3 Å². The maximum Gasteiger partial charge on any atom is 0.410 e. The van der Waals surface area contributed by atoms with Crippen molar-refractivity contribution in [1.29, 1.82) is 0 Å². The Morgan fingerprint density at radius 2 is 1.69 bits per heavy atom. The summed E-state index contributed by atoms with van der Waals surface area (Å²) in [6, 6.07) is -0.459. The summed E-state index contributed by atoms with van der Waals surface area (Å²) < 4.78 is 5.25. The van der Waals surface area contributed by atoms with Crippen LogP contribution < -0.4 is 0 Å². The van der Waals surface area contributed by atoms with E-state index in [1.807, 2.05) is 0 Å². The summed E-state index contributed by atoms with van der Waals surface area (Å²) in [5.41, 5.74) is -0.556. The second-order valence-corrected chi connectivity index (χ2v) is 5.14. The Hall–Kier alpha value is -0.810. The predicted molar refractivity (Wildman–Crippen MR) is 59.1 cm³/mol. The minimum atomic E-state index is -0.556. The first-order chi connectivity index (χ1) is 7.39. The highest BCUT2D eigenvalue weighted by Crippen LogP contribution is 2.25. The van der Waals surface area contributed by atoms with E-state index in [1.165, 1.54) is 4.90 Å². The lowest BCUT2D eigenvalue weighted by Gasteiger charge is -2.31. The average Bonchev–Trinajstić information content (AvgIpc) is 2.57. The predicted octanol–water partition coefficient (Wildman–Crippen LogP) is 0.739. The second-order valence-electron chi connectivity index (χ2n) is 5.14. The third-order valence-electron chi connectivity index (χ3n) is 2.65. The lowest BCUT2D eigenvalue weighted by molar-refractivity contribution is 0.00321. The van der Waals surface area contributed by atoms with Crippen LogP contribution in [0.3, 0.4) is 0 Å². The van der Waals surface area contributed by atoms with Crippen LogP contribution in [0, 0.1) is 0 Å². The van der Waals surface area contributed by atoms with Crippen LogP contribution in [0.1, 0.15) is 33.6 Å². The first-order valence-corrected chi connectivity index (χ1v) is 5.62. The molecule has 1 heterocycles. The summed E-state index contributed by atoms with van der Waals surface area (Å²) in [6.07, 6.45) is 0.963. The van der Waals surface area contributed by atoms with Crippen LogP contribution in [0.4, 0.5) is 4.79 Å². The molecule has 1 amide bonds. The zero-order chi connectivity index (χ0) is 12.3. The Morgan fingerprint density at radius 3 is 2.00 bits per heavy atom. The van der Waals surface area contributed by atoms with E-state index in [2.05, 4.69) is 0 Å². The molecule has 1 saturated heterocycles. The van der Waals surface area contributed by atoms with E-state index in [-0.39, 0.29) is 25.3 Å². The van der Waals surface area contributed by atoms with Crippen LogP contribution in [-0.4, -0.2) is 52.1 Å². The molecule has 1 rings (SSSR count). The fourth-order valence-corrected chi connectivity index (χ4v) is 1.93. The van der Waals surface area contributed by atoms with Crippen molar-refractivity contribution in [3.8, 4) is 0 Å². The molecule has 94 valence electrons. The van der Waals surface area contributed by atoms with Crippen LogP contribution in [0.25, 0.3) is 0 Å². The fourth-order valence-electron chi connectivity index (χ4n) is 1.93. The Kier molecular flexibility index (Phi) is 4.15. The van der Waals surface area contributed by atoms with Crippen LogP contribution in [0.2, 0.25) is 0 Å². The number of aliphatic hydroxyl groups excluding tert-OH is 2. The molecule has 0 radical (unpaired) electrons. The van der Waals surface area contributed by atoms with Gasteiger partial charge in [0.15, 0.2) is 0 Å². The highest BCUT2D eigenvalue weighted by molar-refractivity contribution is 5.69. The molecule has 2 N–H and O–H groups in total. The van der Waals surface area contributed by atoms with Crippen LogP contribution >= 0.6 is 0 Å². The lowest BCUT2D eigenvalue weighted by Crippen LogP contribution is -2.46. The van der Waals surface area contributed by atoms with Gasteiger partial charge in [0.2, 0.25) is 0 Å². The second kappa shape index (κ2) is 5.01. The molecule has 1 aliphatic heterocycles. The topological polar surface area (TPSA) is 70.0 Å². The molecular weight excluding hydrogens is 210 g/mol. The summed E-state index contributed by atoms with van der Waals surface area (Å²) >= 11 is 0. The largest absolute Gasteiger partial charge is 0.444 e. The molecule has 0 spiro atoms. The lowest BCUT2D eigenvalue weighted by atomic mass is 10.2. The Bertz CT molecular complexity index is 237. The van der Waals surface area contributed by atoms with Gasteiger partial charge in [0.05, 0.1) is 25.3 Å². The molecular formula is C11H21NO4. The quantitative estimate of drug-likeness (QED) is 0.735. The number of nitrogens with zero attached hydrogens (tertiary/aromatic N) is 1. The molecule has 2 atom stereocenters. The van der Waals surface area contributed by atoms with Crippen molar-refractivity contribution >= 4 is 6.09 Å². The van der Waals surface area contributed by atoms with E-state index in [0.717, 1.165) is 0 Å². The summed E-state index contributed by atoms with van der Waals surface area (Å²) in [7, 11) is 0. The molecule has 16 heavy (non-hydrogen) atoms. The molecule has 0 aromatic rings. The first kappa shape index (κ1) is 13.3. The number of hydrogen-bond acceptors (Lipinski definition) is 4. The molecule has 0 saturated carbocycles. The number of aliphatic hydroxyl groups is 2. The molecule has 1 aliphatic rings. The number of ether oxygens (including phenoxy) is 1. The molecule has 5 nitrogen and oxygen atoms in total. The van der Waals surface area contributed by atoms with E-state index >= 15 is 0 Å². The van der Waals surface area contributed by atoms with E-state index in [9.17, 15) is 4.79 Å². The summed E-state index contributed by atoms with van der Waals surface area (Å²) in [5.74, 6) is 0. The van der Waals surface area contributed by atoms with Gasteiger partial charge in [-0.3, -0.25) is 4.90 Å². The SMILES string of the molecule is CC(C)(C)OC(=O)N1[C@H](CO)CC[C@H]1CO. The van der Waals surface area contributed by atoms with E-state index in [1.54, 1.807) is 20.8 Å². The summed E-state index contributed by atoms with van der Waals surface area (Å²) in [5, 5.41) is 18.3. The highest BCUT2D eigenvalue weighted by Gasteiger charge is 2.38. The molecule has 1 fully saturated rings.